The first-order chi connectivity index (χ1) is 4.46. The number of hydrogen-bond acceptors (Lipinski definition) is 6. The van der Waals surface area contributed by atoms with Crippen molar-refractivity contribution in [3.63, 3.8) is 0 Å². The van der Waals surface area contributed by atoms with Gasteiger partial charge in [-0.05, 0) is 0 Å². The summed E-state index contributed by atoms with van der Waals surface area (Å²) in [6, 6.07) is 0. The average Bonchev–Trinajstić information content (AvgIpc) is 1.84. The molecule has 0 bridgehead atoms. The predicted molar refractivity (Wildman–Crippen MR) is 22.0 cm³/mol. The number of rotatable bonds is 3. The summed E-state index contributed by atoms with van der Waals surface area (Å²) >= 11 is 0. The minimum Gasteiger partial charge on any atom is -0.547 e. The van der Waals surface area contributed by atoms with Gasteiger partial charge in [0.2, 0.25) is 0 Å². The first-order valence-electron chi connectivity index (χ1n) is 2.24. The van der Waals surface area contributed by atoms with Crippen molar-refractivity contribution in [2.45, 2.75) is 12.2 Å². The Bertz CT molecular complexity index is 144. The molecule has 0 saturated carbocycles. The van der Waals surface area contributed by atoms with Gasteiger partial charge in [0, 0.05) is 0 Å². The SMILES string of the molecule is O=C([O-])C(O)C(O)C(=O)[O-].[Li+].[Ti+4]. The summed E-state index contributed by atoms with van der Waals surface area (Å²) < 4.78 is 0. The summed E-state index contributed by atoms with van der Waals surface area (Å²) in [7, 11) is 0. The Kier molecular flexibility index (Phi) is 11.7. The fraction of sp³-hybridized carbons (Fsp3) is 0.500. The molecular weight excluding hydrogens is 199 g/mol. The number of carbonyl (C=O) groups excluding carboxylic acids is 2. The van der Waals surface area contributed by atoms with E-state index in [2.05, 4.69) is 0 Å². The fourth-order valence-corrected chi connectivity index (χ4v) is 0.258. The summed E-state index contributed by atoms with van der Waals surface area (Å²) in [6.45, 7) is 0. The maximum Gasteiger partial charge on any atom is 4.00 e. The summed E-state index contributed by atoms with van der Waals surface area (Å²) in [5.74, 6) is -4.12. The van der Waals surface area contributed by atoms with Gasteiger partial charge in [-0.1, -0.05) is 0 Å². The second kappa shape index (κ2) is 7.80. The molecule has 0 aliphatic rings. The van der Waals surface area contributed by atoms with Crippen molar-refractivity contribution in [2.24, 2.45) is 0 Å². The molecule has 2 unspecified atom stereocenters. The minimum absolute atomic E-state index is 0. The molecule has 2 atom stereocenters. The van der Waals surface area contributed by atoms with Crippen molar-refractivity contribution < 1.29 is 70.6 Å². The number of hydrogen-bond donors (Lipinski definition) is 2. The smallest absolute Gasteiger partial charge is 0.547 e. The molecule has 2 N–H and O–H groups in total. The molecule has 8 heteroatoms. The molecule has 0 aliphatic heterocycles. The Labute approximate surface area is 94.6 Å². The van der Waals surface area contributed by atoms with Crippen LogP contribution in [0.4, 0.5) is 0 Å². The second-order valence-corrected chi connectivity index (χ2v) is 1.53. The van der Waals surface area contributed by atoms with Gasteiger partial charge in [-0.15, -0.1) is 0 Å². The van der Waals surface area contributed by atoms with E-state index in [9.17, 15) is 19.8 Å². The van der Waals surface area contributed by atoms with Gasteiger partial charge < -0.3 is 30.0 Å². The molecule has 6 nitrogen and oxygen atoms in total. The number of aliphatic carboxylic acids is 2. The number of carboxylic acid groups (broad SMARTS) is 2. The van der Waals surface area contributed by atoms with Gasteiger partial charge in [-0.2, -0.15) is 0 Å². The summed E-state index contributed by atoms with van der Waals surface area (Å²) in [5.41, 5.74) is 0. The topological polar surface area (TPSA) is 121 Å². The molecule has 0 aliphatic carbocycles. The molecule has 58 valence electrons. The van der Waals surface area contributed by atoms with E-state index in [1.165, 1.54) is 0 Å². The zero-order valence-electron chi connectivity index (χ0n) is 6.18. The van der Waals surface area contributed by atoms with Gasteiger partial charge in [0.25, 0.3) is 0 Å². The van der Waals surface area contributed by atoms with Gasteiger partial charge in [0.05, 0.1) is 11.9 Å². The molecule has 0 saturated heterocycles. The summed E-state index contributed by atoms with van der Waals surface area (Å²) in [6.07, 6.45) is -4.88. The predicted octanol–water partition coefficient (Wildman–Crippen LogP) is -7.79. The number of carboxylic acids is 2. The Morgan fingerprint density at radius 2 is 1.17 bits per heavy atom. The quantitative estimate of drug-likeness (QED) is 0.439. The normalized spacial score (nSPS) is 13.2. The summed E-state index contributed by atoms with van der Waals surface area (Å²) in [4.78, 5) is 19.3. The van der Waals surface area contributed by atoms with E-state index in [0.29, 0.717) is 0 Å². The molecule has 0 radical (unpaired) electrons. The van der Waals surface area contributed by atoms with E-state index in [4.69, 9.17) is 10.2 Å². The Hall–Kier alpha value is 0.172. The van der Waals surface area contributed by atoms with Crippen molar-refractivity contribution in [1.82, 2.24) is 0 Å². The van der Waals surface area contributed by atoms with Crippen molar-refractivity contribution in [3.8, 4) is 0 Å². The van der Waals surface area contributed by atoms with Gasteiger partial charge >= 0.3 is 40.6 Å². The van der Waals surface area contributed by atoms with Crippen LogP contribution in [0.5, 0.6) is 0 Å². The van der Waals surface area contributed by atoms with Crippen LogP contribution < -0.4 is 29.1 Å². The van der Waals surface area contributed by atoms with Gasteiger partial charge in [0.1, 0.15) is 12.2 Å². The van der Waals surface area contributed by atoms with Crippen LogP contribution in [0, 0.1) is 0 Å². The van der Waals surface area contributed by atoms with Crippen molar-refractivity contribution in [2.75, 3.05) is 0 Å². The number of aliphatic hydroxyl groups excluding tert-OH is 2. The van der Waals surface area contributed by atoms with Gasteiger partial charge in [-0.3, -0.25) is 0 Å². The van der Waals surface area contributed by atoms with E-state index in [-0.39, 0.29) is 40.6 Å². The zero-order chi connectivity index (χ0) is 8.31. The van der Waals surface area contributed by atoms with Crippen LogP contribution in [-0.4, -0.2) is 34.4 Å². The third kappa shape index (κ3) is 5.78. The van der Waals surface area contributed by atoms with Crippen LogP contribution in [0.3, 0.4) is 0 Å². The Morgan fingerprint density at radius 1 is 1.00 bits per heavy atom. The van der Waals surface area contributed by atoms with Gasteiger partial charge in [0.15, 0.2) is 0 Å². The van der Waals surface area contributed by atoms with Crippen LogP contribution in [0.25, 0.3) is 0 Å². The molecule has 0 heterocycles. The van der Waals surface area contributed by atoms with Crippen molar-refractivity contribution >= 4 is 11.9 Å². The standard InChI is InChI=1S/C4H6O6.Li.Ti/c5-1(3(7)8)2(6)4(9)10;;/h1-2,5-6H,(H,7,8)(H,9,10);;/q;+1;+4/p-2. The zero-order valence-corrected chi connectivity index (χ0v) is 7.74. The fourth-order valence-electron chi connectivity index (χ4n) is 0.258. The van der Waals surface area contributed by atoms with E-state index >= 15 is 0 Å². The Morgan fingerprint density at radius 3 is 1.25 bits per heavy atom. The maximum atomic E-state index is 9.63. The number of aliphatic hydroxyl groups is 2. The van der Waals surface area contributed by atoms with E-state index in [0.717, 1.165) is 0 Å². The van der Waals surface area contributed by atoms with Crippen LogP contribution in [-0.2, 0) is 31.3 Å². The maximum absolute atomic E-state index is 9.63. The molecule has 0 spiro atoms. The van der Waals surface area contributed by atoms with Crippen LogP contribution in [0.15, 0.2) is 0 Å². The minimum atomic E-state index is -2.44. The molecule has 0 amide bonds. The third-order valence-corrected chi connectivity index (χ3v) is 0.782. The van der Waals surface area contributed by atoms with Gasteiger partial charge in [-0.25, -0.2) is 0 Å². The van der Waals surface area contributed by atoms with E-state index in [1.807, 2.05) is 0 Å². The molecule has 0 rings (SSSR count). The van der Waals surface area contributed by atoms with Crippen molar-refractivity contribution in [3.05, 3.63) is 0 Å². The third-order valence-electron chi connectivity index (χ3n) is 0.782. The molecular formula is C4H4LiO6Ti+3. The largest absolute Gasteiger partial charge is 4.00 e. The molecule has 0 fully saturated rings. The van der Waals surface area contributed by atoms with Crippen LogP contribution >= 0.6 is 0 Å². The van der Waals surface area contributed by atoms with E-state index in [1.54, 1.807) is 0 Å². The monoisotopic (exact) mass is 203 g/mol. The molecule has 0 aromatic heterocycles. The summed E-state index contributed by atoms with van der Waals surface area (Å²) in [5, 5.41) is 35.7. The number of carbonyl (C=O) groups is 2. The second-order valence-electron chi connectivity index (χ2n) is 1.53. The van der Waals surface area contributed by atoms with Crippen LogP contribution in [0.2, 0.25) is 0 Å². The Balaban J connectivity index is -0.000000405. The first-order valence-corrected chi connectivity index (χ1v) is 2.24. The van der Waals surface area contributed by atoms with E-state index < -0.39 is 24.1 Å². The molecule has 0 aromatic rings. The molecule has 0 aromatic carbocycles. The molecule has 12 heavy (non-hydrogen) atoms. The first kappa shape index (κ1) is 18.1. The van der Waals surface area contributed by atoms with Crippen molar-refractivity contribution in [1.29, 1.82) is 0 Å². The van der Waals surface area contributed by atoms with Crippen LogP contribution in [0.1, 0.15) is 0 Å². The average molecular weight is 203 g/mol.